The molecule has 2 amide bonds. The maximum Gasteiger partial charge on any atom is 0.244 e. The van der Waals surface area contributed by atoms with Crippen LogP contribution in [-0.4, -0.2) is 29.3 Å². The molecule has 1 aromatic rings. The molecule has 0 bridgehead atoms. The van der Waals surface area contributed by atoms with Gasteiger partial charge in [-0.3, -0.25) is 9.59 Å². The van der Waals surface area contributed by atoms with E-state index in [0.29, 0.717) is 11.3 Å². The van der Waals surface area contributed by atoms with E-state index in [9.17, 15) is 9.59 Å². The molecule has 2 rings (SSSR count). The minimum atomic E-state index is -0.216. The Morgan fingerprint density at radius 2 is 2.00 bits per heavy atom. The monoisotopic (exact) mass is 257 g/mol. The maximum atomic E-state index is 11.8. The molecule has 0 aliphatic heterocycles. The van der Waals surface area contributed by atoms with Crippen LogP contribution in [0.5, 0.6) is 0 Å². The lowest BCUT2D eigenvalue weighted by atomic mass is 10.2. The van der Waals surface area contributed by atoms with Gasteiger partial charge < -0.3 is 10.2 Å². The number of rotatable bonds is 4. The van der Waals surface area contributed by atoms with Crippen LogP contribution in [0.15, 0.2) is 24.3 Å². The molecule has 1 aromatic carbocycles. The highest BCUT2D eigenvalue weighted by molar-refractivity contribution is 5.94. The summed E-state index contributed by atoms with van der Waals surface area (Å²) in [5.74, 6) is -0.288. The van der Waals surface area contributed by atoms with Crippen LogP contribution < -0.4 is 5.32 Å². The molecule has 0 atom stereocenters. The number of carbonyl (C=O) groups is 2. The van der Waals surface area contributed by atoms with Gasteiger partial charge in [0.15, 0.2) is 0 Å². The summed E-state index contributed by atoms with van der Waals surface area (Å²) < 4.78 is 0. The van der Waals surface area contributed by atoms with Gasteiger partial charge in [0.1, 0.15) is 6.54 Å². The zero-order chi connectivity index (χ0) is 13.8. The number of nitrogens with zero attached hydrogens (tertiary/aromatic N) is 2. The van der Waals surface area contributed by atoms with Crippen molar-refractivity contribution >= 4 is 17.5 Å². The van der Waals surface area contributed by atoms with Gasteiger partial charge in [-0.15, -0.1) is 0 Å². The Bertz CT molecular complexity index is 527. The van der Waals surface area contributed by atoms with E-state index in [2.05, 4.69) is 5.32 Å². The summed E-state index contributed by atoms with van der Waals surface area (Å²) in [7, 11) is 0. The van der Waals surface area contributed by atoms with Crippen molar-refractivity contribution in [1.29, 1.82) is 5.26 Å². The first kappa shape index (κ1) is 13.1. The second-order valence-electron chi connectivity index (χ2n) is 4.62. The van der Waals surface area contributed by atoms with Crippen molar-refractivity contribution in [3.05, 3.63) is 29.8 Å². The fourth-order valence-electron chi connectivity index (χ4n) is 1.87. The summed E-state index contributed by atoms with van der Waals surface area (Å²) in [4.78, 5) is 24.8. The van der Waals surface area contributed by atoms with Crippen LogP contribution in [0.25, 0.3) is 0 Å². The molecule has 0 heterocycles. The standard InChI is InChI=1S/C14H15N3O2/c1-10(18)17(13-6-7-13)9-14(19)16-12-4-2-11(8-15)3-5-12/h2-5,13H,6-7,9H2,1H3,(H,16,19). The van der Waals surface area contributed by atoms with Crippen LogP contribution in [0.1, 0.15) is 25.3 Å². The lowest BCUT2D eigenvalue weighted by Crippen LogP contribution is -2.38. The normalized spacial score (nSPS) is 13.5. The van der Waals surface area contributed by atoms with Gasteiger partial charge in [0.2, 0.25) is 11.8 Å². The van der Waals surface area contributed by atoms with Crippen LogP contribution in [0, 0.1) is 11.3 Å². The summed E-state index contributed by atoms with van der Waals surface area (Å²) in [6.45, 7) is 1.56. The molecule has 0 spiro atoms. The number of benzene rings is 1. The Morgan fingerprint density at radius 3 is 2.47 bits per heavy atom. The smallest absolute Gasteiger partial charge is 0.244 e. The first-order chi connectivity index (χ1) is 9.10. The number of amides is 2. The first-order valence-electron chi connectivity index (χ1n) is 6.17. The van der Waals surface area contributed by atoms with Gasteiger partial charge in [-0.2, -0.15) is 5.26 Å². The number of hydrogen-bond donors (Lipinski definition) is 1. The van der Waals surface area contributed by atoms with Gasteiger partial charge in [-0.05, 0) is 37.1 Å². The van der Waals surface area contributed by atoms with Gasteiger partial charge in [-0.1, -0.05) is 0 Å². The molecule has 5 nitrogen and oxygen atoms in total. The van der Waals surface area contributed by atoms with Gasteiger partial charge in [0.05, 0.1) is 11.6 Å². The van der Waals surface area contributed by atoms with Crippen molar-refractivity contribution < 1.29 is 9.59 Å². The topological polar surface area (TPSA) is 73.2 Å². The maximum absolute atomic E-state index is 11.8. The van der Waals surface area contributed by atoms with Crippen molar-refractivity contribution in [2.75, 3.05) is 11.9 Å². The van der Waals surface area contributed by atoms with Crippen molar-refractivity contribution in [1.82, 2.24) is 4.90 Å². The Balaban J connectivity index is 1.92. The van der Waals surface area contributed by atoms with E-state index in [1.165, 1.54) is 6.92 Å². The SMILES string of the molecule is CC(=O)N(CC(=O)Nc1ccc(C#N)cc1)C1CC1. The lowest BCUT2D eigenvalue weighted by molar-refractivity contribution is -0.133. The summed E-state index contributed by atoms with van der Waals surface area (Å²) in [6.07, 6.45) is 1.95. The Kier molecular flexibility index (Phi) is 3.81. The van der Waals surface area contributed by atoms with Crippen molar-refractivity contribution in [2.24, 2.45) is 0 Å². The zero-order valence-electron chi connectivity index (χ0n) is 10.7. The average Bonchev–Trinajstić information content (AvgIpc) is 3.21. The Labute approximate surface area is 111 Å². The number of hydrogen-bond acceptors (Lipinski definition) is 3. The molecule has 19 heavy (non-hydrogen) atoms. The van der Waals surface area contributed by atoms with Crippen molar-refractivity contribution in [3.63, 3.8) is 0 Å². The van der Waals surface area contributed by atoms with Crippen molar-refractivity contribution in [3.8, 4) is 6.07 Å². The van der Waals surface area contributed by atoms with E-state index < -0.39 is 0 Å². The van der Waals surface area contributed by atoms with Crippen molar-refractivity contribution in [2.45, 2.75) is 25.8 Å². The van der Waals surface area contributed by atoms with E-state index in [-0.39, 0.29) is 24.4 Å². The zero-order valence-corrected chi connectivity index (χ0v) is 10.7. The molecular weight excluding hydrogens is 242 g/mol. The first-order valence-corrected chi connectivity index (χ1v) is 6.17. The summed E-state index contributed by atoms with van der Waals surface area (Å²) in [5, 5.41) is 11.4. The predicted molar refractivity (Wildman–Crippen MR) is 70.2 cm³/mol. The molecule has 0 unspecified atom stereocenters. The highest BCUT2D eigenvalue weighted by atomic mass is 16.2. The van der Waals surface area contributed by atoms with E-state index in [4.69, 9.17) is 5.26 Å². The molecule has 98 valence electrons. The van der Waals surface area contributed by atoms with E-state index in [1.54, 1.807) is 29.2 Å². The molecule has 0 saturated heterocycles. The van der Waals surface area contributed by atoms with E-state index in [0.717, 1.165) is 12.8 Å². The molecular formula is C14H15N3O2. The van der Waals surface area contributed by atoms with Crippen LogP contribution in [0.3, 0.4) is 0 Å². The third-order valence-electron chi connectivity index (χ3n) is 3.00. The number of nitrogens with one attached hydrogen (secondary N) is 1. The van der Waals surface area contributed by atoms with Gasteiger partial charge in [0.25, 0.3) is 0 Å². The number of carbonyl (C=O) groups excluding carboxylic acids is 2. The third kappa shape index (κ3) is 3.55. The largest absolute Gasteiger partial charge is 0.331 e. The molecule has 0 radical (unpaired) electrons. The second-order valence-corrected chi connectivity index (χ2v) is 4.62. The second kappa shape index (κ2) is 5.53. The lowest BCUT2D eigenvalue weighted by Gasteiger charge is -2.19. The van der Waals surface area contributed by atoms with E-state index >= 15 is 0 Å². The van der Waals surface area contributed by atoms with E-state index in [1.807, 2.05) is 6.07 Å². The van der Waals surface area contributed by atoms with Gasteiger partial charge >= 0.3 is 0 Å². The Morgan fingerprint density at radius 1 is 1.37 bits per heavy atom. The number of nitriles is 1. The molecule has 1 N–H and O–H groups in total. The van der Waals surface area contributed by atoms with Gasteiger partial charge in [-0.25, -0.2) is 0 Å². The van der Waals surface area contributed by atoms with Gasteiger partial charge in [0, 0.05) is 18.7 Å². The van der Waals surface area contributed by atoms with Crippen LogP contribution in [0.2, 0.25) is 0 Å². The third-order valence-corrected chi connectivity index (χ3v) is 3.00. The molecule has 1 aliphatic carbocycles. The molecule has 1 saturated carbocycles. The quantitative estimate of drug-likeness (QED) is 0.888. The van der Waals surface area contributed by atoms with Crippen LogP contribution >= 0.6 is 0 Å². The molecule has 1 fully saturated rings. The predicted octanol–water partition coefficient (Wildman–Crippen LogP) is 1.51. The fraction of sp³-hybridized carbons (Fsp3) is 0.357. The summed E-state index contributed by atoms with van der Waals surface area (Å²) in [5.41, 5.74) is 1.17. The highest BCUT2D eigenvalue weighted by Gasteiger charge is 2.31. The molecule has 0 aromatic heterocycles. The summed E-state index contributed by atoms with van der Waals surface area (Å²) >= 11 is 0. The fourth-order valence-corrected chi connectivity index (χ4v) is 1.87. The Hall–Kier alpha value is -2.35. The number of anilines is 1. The highest BCUT2D eigenvalue weighted by Crippen LogP contribution is 2.26. The minimum absolute atomic E-state index is 0.0718. The summed E-state index contributed by atoms with van der Waals surface area (Å²) in [6, 6.07) is 8.86. The minimum Gasteiger partial charge on any atom is -0.331 e. The van der Waals surface area contributed by atoms with Crippen LogP contribution in [0.4, 0.5) is 5.69 Å². The average molecular weight is 257 g/mol. The molecule has 1 aliphatic rings. The van der Waals surface area contributed by atoms with Crippen LogP contribution in [-0.2, 0) is 9.59 Å². The molecule has 5 heteroatoms.